The van der Waals surface area contributed by atoms with E-state index in [0.717, 1.165) is 11.1 Å². The molecule has 2 aromatic carbocycles. The lowest BCUT2D eigenvalue weighted by Crippen LogP contribution is -2.52. The average Bonchev–Trinajstić information content (AvgIpc) is 2.72. The quantitative estimate of drug-likeness (QED) is 0.782. The lowest BCUT2D eigenvalue weighted by molar-refractivity contribution is -0.126. The zero-order valence-corrected chi connectivity index (χ0v) is 17.8. The van der Waals surface area contributed by atoms with Gasteiger partial charge >= 0.3 is 6.03 Å². The predicted molar refractivity (Wildman–Crippen MR) is 116 cm³/mol. The molecule has 0 unspecified atom stereocenters. The summed E-state index contributed by atoms with van der Waals surface area (Å²) in [6.07, 6.45) is 0.651. The van der Waals surface area contributed by atoms with Crippen LogP contribution in [-0.4, -0.2) is 36.0 Å². The topological polar surface area (TPSA) is 61.4 Å². The van der Waals surface area contributed by atoms with Gasteiger partial charge in [0.25, 0.3) is 0 Å². The van der Waals surface area contributed by atoms with Gasteiger partial charge in [-0.05, 0) is 38.8 Å². The summed E-state index contributed by atoms with van der Waals surface area (Å²) >= 11 is 0. The molecule has 2 aromatic rings. The molecule has 1 heterocycles. The van der Waals surface area contributed by atoms with E-state index in [1.807, 2.05) is 32.9 Å². The summed E-state index contributed by atoms with van der Waals surface area (Å²) in [6.45, 7) is 6.92. The van der Waals surface area contributed by atoms with Crippen LogP contribution in [0.3, 0.4) is 0 Å². The fraction of sp³-hybridized carbons (Fsp3) is 0.417. The van der Waals surface area contributed by atoms with Gasteiger partial charge in [0.1, 0.15) is 5.82 Å². The first-order valence-electron chi connectivity index (χ1n) is 10.5. The van der Waals surface area contributed by atoms with Gasteiger partial charge in [0.05, 0.1) is 5.92 Å². The van der Waals surface area contributed by atoms with E-state index in [4.69, 9.17) is 0 Å². The van der Waals surface area contributed by atoms with Gasteiger partial charge in [-0.1, -0.05) is 48.0 Å². The number of urea groups is 1. The van der Waals surface area contributed by atoms with Gasteiger partial charge in [-0.15, -0.1) is 0 Å². The third kappa shape index (κ3) is 5.59. The molecule has 2 atom stereocenters. The minimum Gasteiger partial charge on any atom is -0.352 e. The molecule has 1 saturated heterocycles. The van der Waals surface area contributed by atoms with E-state index >= 15 is 0 Å². The number of piperidine rings is 1. The number of carbonyl (C=O) groups is 2. The van der Waals surface area contributed by atoms with Crippen molar-refractivity contribution in [3.8, 4) is 0 Å². The van der Waals surface area contributed by atoms with Crippen molar-refractivity contribution in [2.24, 2.45) is 5.92 Å². The van der Waals surface area contributed by atoms with Crippen LogP contribution in [0.15, 0.2) is 48.5 Å². The number of benzene rings is 2. The highest BCUT2D eigenvalue weighted by Gasteiger charge is 2.34. The Balaban J connectivity index is 1.75. The number of halogens is 1. The Morgan fingerprint density at radius 1 is 1.13 bits per heavy atom. The summed E-state index contributed by atoms with van der Waals surface area (Å²) in [5.41, 5.74) is 2.73. The van der Waals surface area contributed by atoms with Crippen LogP contribution in [0, 0.1) is 18.7 Å². The number of carbonyl (C=O) groups excluding carboxylic acids is 2. The molecule has 0 aromatic heterocycles. The molecule has 0 spiro atoms. The van der Waals surface area contributed by atoms with Crippen molar-refractivity contribution in [3.63, 3.8) is 0 Å². The van der Waals surface area contributed by atoms with Gasteiger partial charge in [-0.3, -0.25) is 4.79 Å². The molecular formula is C24H30FN3O2. The van der Waals surface area contributed by atoms with E-state index in [1.165, 1.54) is 6.07 Å². The van der Waals surface area contributed by atoms with E-state index in [9.17, 15) is 14.0 Å². The zero-order valence-electron chi connectivity index (χ0n) is 17.8. The molecule has 1 aliphatic rings. The SMILES string of the molecule is Cc1cccc([C@@H]2C[C@@H](C(=O)NCc3ccccc3F)CN(C(=O)NC(C)C)C2)c1. The number of amides is 3. The van der Waals surface area contributed by atoms with E-state index in [0.29, 0.717) is 25.1 Å². The third-order valence-corrected chi connectivity index (χ3v) is 5.45. The van der Waals surface area contributed by atoms with Crippen molar-refractivity contribution in [3.05, 3.63) is 71.0 Å². The first kappa shape index (κ1) is 21.8. The molecule has 30 heavy (non-hydrogen) atoms. The van der Waals surface area contributed by atoms with Crippen LogP contribution in [0.5, 0.6) is 0 Å². The van der Waals surface area contributed by atoms with Crippen LogP contribution in [0.1, 0.15) is 42.9 Å². The monoisotopic (exact) mass is 411 g/mol. The number of rotatable bonds is 5. The number of likely N-dealkylation sites (tertiary alicyclic amines) is 1. The Morgan fingerprint density at radius 3 is 2.60 bits per heavy atom. The van der Waals surface area contributed by atoms with Gasteiger partial charge < -0.3 is 15.5 Å². The molecule has 160 valence electrons. The number of hydrogen-bond acceptors (Lipinski definition) is 2. The molecule has 0 saturated carbocycles. The normalized spacial score (nSPS) is 18.9. The molecule has 0 bridgehead atoms. The minimum atomic E-state index is -0.353. The van der Waals surface area contributed by atoms with Crippen molar-refractivity contribution >= 4 is 11.9 Å². The molecule has 1 fully saturated rings. The molecule has 0 radical (unpaired) electrons. The molecule has 2 N–H and O–H groups in total. The standard InChI is InChI=1S/C24H30FN3O2/c1-16(2)27-24(30)28-14-20(18-9-6-7-17(3)11-18)12-21(15-28)23(29)26-13-19-8-4-5-10-22(19)25/h4-11,16,20-21H,12-15H2,1-3H3,(H,26,29)(H,27,30)/t20-,21-/m1/s1. The molecule has 3 rings (SSSR count). The maximum Gasteiger partial charge on any atom is 0.317 e. The number of nitrogens with zero attached hydrogens (tertiary/aromatic N) is 1. The molecule has 3 amide bonds. The van der Waals surface area contributed by atoms with Crippen molar-refractivity contribution in [2.45, 2.75) is 45.7 Å². The summed E-state index contributed by atoms with van der Waals surface area (Å²) in [6, 6.07) is 14.5. The largest absolute Gasteiger partial charge is 0.352 e. The smallest absolute Gasteiger partial charge is 0.317 e. The molecule has 5 nitrogen and oxygen atoms in total. The summed E-state index contributed by atoms with van der Waals surface area (Å²) in [5, 5.41) is 5.78. The van der Waals surface area contributed by atoms with Gasteiger partial charge in [0.2, 0.25) is 5.91 Å². The van der Waals surface area contributed by atoms with E-state index < -0.39 is 0 Å². The van der Waals surface area contributed by atoms with Crippen molar-refractivity contribution in [1.29, 1.82) is 0 Å². The second-order valence-corrected chi connectivity index (χ2v) is 8.36. The molecule has 0 aliphatic carbocycles. The van der Waals surface area contributed by atoms with Crippen LogP contribution in [0.2, 0.25) is 0 Å². The first-order chi connectivity index (χ1) is 14.3. The van der Waals surface area contributed by atoms with Crippen LogP contribution >= 0.6 is 0 Å². The summed E-state index contributed by atoms with van der Waals surface area (Å²) in [7, 11) is 0. The van der Waals surface area contributed by atoms with Crippen molar-refractivity contribution in [1.82, 2.24) is 15.5 Å². The highest BCUT2D eigenvalue weighted by molar-refractivity contribution is 5.81. The van der Waals surface area contributed by atoms with Crippen molar-refractivity contribution < 1.29 is 14.0 Å². The molecule has 6 heteroatoms. The number of hydrogen-bond donors (Lipinski definition) is 2. The van der Waals surface area contributed by atoms with E-state index in [-0.39, 0.29) is 42.2 Å². The predicted octanol–water partition coefficient (Wildman–Crippen LogP) is 3.97. The number of aryl methyl sites for hydroxylation is 1. The summed E-state index contributed by atoms with van der Waals surface area (Å²) in [4.78, 5) is 27.3. The van der Waals surface area contributed by atoms with Crippen LogP contribution < -0.4 is 10.6 Å². The average molecular weight is 412 g/mol. The summed E-state index contributed by atoms with van der Waals surface area (Å²) < 4.78 is 13.9. The van der Waals surface area contributed by atoms with Gasteiger partial charge in [-0.2, -0.15) is 0 Å². The van der Waals surface area contributed by atoms with Gasteiger partial charge in [0, 0.05) is 37.2 Å². The van der Waals surface area contributed by atoms with E-state index in [1.54, 1.807) is 23.1 Å². The minimum absolute atomic E-state index is 0.0187. The van der Waals surface area contributed by atoms with Crippen LogP contribution in [-0.2, 0) is 11.3 Å². The highest BCUT2D eigenvalue weighted by atomic mass is 19.1. The zero-order chi connectivity index (χ0) is 21.7. The van der Waals surface area contributed by atoms with Crippen LogP contribution in [0.4, 0.5) is 9.18 Å². The lowest BCUT2D eigenvalue weighted by Gasteiger charge is -2.38. The second-order valence-electron chi connectivity index (χ2n) is 8.36. The lowest BCUT2D eigenvalue weighted by atomic mass is 9.83. The van der Waals surface area contributed by atoms with Gasteiger partial charge in [0.15, 0.2) is 0 Å². The van der Waals surface area contributed by atoms with Gasteiger partial charge in [-0.25, -0.2) is 9.18 Å². The number of nitrogens with one attached hydrogen (secondary N) is 2. The fourth-order valence-corrected chi connectivity index (χ4v) is 3.93. The third-order valence-electron chi connectivity index (χ3n) is 5.45. The highest BCUT2D eigenvalue weighted by Crippen LogP contribution is 2.31. The maximum atomic E-state index is 13.9. The summed E-state index contributed by atoms with van der Waals surface area (Å²) in [5.74, 6) is -0.773. The van der Waals surface area contributed by atoms with E-state index in [2.05, 4.69) is 22.8 Å². The second kappa shape index (κ2) is 9.74. The Bertz CT molecular complexity index is 900. The Labute approximate surface area is 177 Å². The maximum absolute atomic E-state index is 13.9. The Hall–Kier alpha value is -2.89. The fourth-order valence-electron chi connectivity index (χ4n) is 3.93. The Kier molecular flexibility index (Phi) is 7.08. The Morgan fingerprint density at radius 2 is 1.90 bits per heavy atom. The van der Waals surface area contributed by atoms with Crippen molar-refractivity contribution in [2.75, 3.05) is 13.1 Å². The molecule has 1 aliphatic heterocycles. The first-order valence-corrected chi connectivity index (χ1v) is 10.5. The molecular weight excluding hydrogens is 381 g/mol. The van der Waals surface area contributed by atoms with Crippen LogP contribution in [0.25, 0.3) is 0 Å².